The average Bonchev–Trinajstić information content (AvgIpc) is 2.50. The Morgan fingerprint density at radius 3 is 2.36 bits per heavy atom. The van der Waals surface area contributed by atoms with E-state index in [0.717, 1.165) is 37.1 Å². The molecule has 0 aliphatic heterocycles. The zero-order valence-electron chi connectivity index (χ0n) is 14.2. The lowest BCUT2D eigenvalue weighted by Crippen LogP contribution is -2.40. The average molecular weight is 389 g/mol. The van der Waals surface area contributed by atoms with Gasteiger partial charge >= 0.3 is 0 Å². The lowest BCUT2D eigenvalue weighted by molar-refractivity contribution is 0.0927. The first kappa shape index (κ1) is 21.5. The van der Waals surface area contributed by atoms with Crippen molar-refractivity contribution >= 4 is 41.8 Å². The summed E-state index contributed by atoms with van der Waals surface area (Å²) in [5, 5.41) is 2.98. The molecule has 5 nitrogen and oxygen atoms in total. The van der Waals surface area contributed by atoms with Gasteiger partial charge in [0.05, 0.1) is 22.5 Å². The van der Waals surface area contributed by atoms with Crippen LogP contribution >= 0.6 is 24.8 Å². The Labute approximate surface area is 158 Å². The molecule has 0 radical (unpaired) electrons. The number of halogens is 3. The molecule has 1 aromatic heterocycles. The van der Waals surface area contributed by atoms with Gasteiger partial charge in [-0.15, -0.1) is 24.8 Å². The van der Waals surface area contributed by atoms with Crippen molar-refractivity contribution in [3.8, 4) is 0 Å². The first-order valence-electron chi connectivity index (χ1n) is 7.95. The molecule has 0 spiro atoms. The molecule has 0 unspecified atom stereocenters. The second kappa shape index (κ2) is 8.74. The van der Waals surface area contributed by atoms with E-state index in [-0.39, 0.29) is 48.4 Å². The van der Waals surface area contributed by atoms with Crippen molar-refractivity contribution < 1.29 is 9.18 Å². The highest BCUT2D eigenvalue weighted by Crippen LogP contribution is 2.21. The van der Waals surface area contributed by atoms with Gasteiger partial charge in [0, 0.05) is 18.2 Å². The maximum absolute atomic E-state index is 13.9. The van der Waals surface area contributed by atoms with Gasteiger partial charge in [-0.3, -0.25) is 4.79 Å². The quantitative estimate of drug-likeness (QED) is 0.827. The number of nitrogens with two attached hydrogens (primary N) is 1. The fraction of sp³-hybridized carbons (Fsp3) is 0.471. The number of aromatic nitrogens is 2. The van der Waals surface area contributed by atoms with Gasteiger partial charge in [0.25, 0.3) is 5.91 Å². The van der Waals surface area contributed by atoms with E-state index in [9.17, 15) is 9.18 Å². The van der Waals surface area contributed by atoms with Gasteiger partial charge in [-0.05, 0) is 45.6 Å². The maximum Gasteiger partial charge on any atom is 0.253 e. The van der Waals surface area contributed by atoms with E-state index in [1.165, 1.54) is 12.1 Å². The fourth-order valence-electron chi connectivity index (χ4n) is 3.00. The number of rotatable bonds is 2. The Morgan fingerprint density at radius 2 is 1.72 bits per heavy atom. The largest absolute Gasteiger partial charge is 0.349 e. The molecule has 3 rings (SSSR count). The third-order valence-corrected chi connectivity index (χ3v) is 4.50. The molecule has 25 heavy (non-hydrogen) atoms. The molecular weight excluding hydrogens is 366 g/mol. The van der Waals surface area contributed by atoms with E-state index >= 15 is 0 Å². The van der Waals surface area contributed by atoms with E-state index in [1.54, 1.807) is 0 Å². The molecule has 0 bridgehead atoms. The van der Waals surface area contributed by atoms with Gasteiger partial charge in [-0.2, -0.15) is 0 Å². The van der Waals surface area contributed by atoms with Crippen molar-refractivity contribution in [3.05, 3.63) is 34.9 Å². The Bertz CT molecular complexity index is 764. The van der Waals surface area contributed by atoms with Crippen LogP contribution in [0.15, 0.2) is 12.1 Å². The van der Waals surface area contributed by atoms with Crippen LogP contribution in [0.2, 0.25) is 0 Å². The third-order valence-electron chi connectivity index (χ3n) is 4.50. The van der Waals surface area contributed by atoms with Crippen LogP contribution in [0.5, 0.6) is 0 Å². The predicted octanol–water partition coefficient (Wildman–Crippen LogP) is 3.23. The second-order valence-corrected chi connectivity index (χ2v) is 6.30. The Balaban J connectivity index is 0.00000156. The van der Waals surface area contributed by atoms with Gasteiger partial charge in [-0.1, -0.05) is 0 Å². The van der Waals surface area contributed by atoms with Crippen molar-refractivity contribution in [2.24, 2.45) is 5.73 Å². The van der Waals surface area contributed by atoms with Crippen LogP contribution in [0, 0.1) is 19.7 Å². The van der Waals surface area contributed by atoms with Crippen molar-refractivity contribution in [1.82, 2.24) is 15.3 Å². The molecule has 8 heteroatoms. The Kier molecular flexibility index (Phi) is 7.53. The number of hydrogen-bond acceptors (Lipinski definition) is 4. The summed E-state index contributed by atoms with van der Waals surface area (Å²) in [6.07, 6.45) is 3.49. The van der Waals surface area contributed by atoms with Crippen molar-refractivity contribution in [2.75, 3.05) is 0 Å². The summed E-state index contributed by atoms with van der Waals surface area (Å²) in [4.78, 5) is 21.3. The van der Waals surface area contributed by atoms with Crippen LogP contribution in [0.4, 0.5) is 4.39 Å². The van der Waals surface area contributed by atoms with E-state index in [0.29, 0.717) is 11.0 Å². The molecule has 1 aromatic carbocycles. The number of fused-ring (bicyclic) bond motifs is 1. The minimum Gasteiger partial charge on any atom is -0.349 e. The number of amides is 1. The van der Waals surface area contributed by atoms with E-state index in [4.69, 9.17) is 5.73 Å². The standard InChI is InChI=1S/C17H21FN4O.2ClH/c1-9-10(2)21-16-14(7-11(18)8-15(16)20-9)17(23)22-13-5-3-12(19)4-6-13;;/h7-8,12-13H,3-6,19H2,1-2H3,(H,22,23);2*1H. The van der Waals surface area contributed by atoms with Gasteiger partial charge in [0.15, 0.2) is 0 Å². The molecule has 0 atom stereocenters. The van der Waals surface area contributed by atoms with Gasteiger partial charge < -0.3 is 11.1 Å². The van der Waals surface area contributed by atoms with E-state index in [1.807, 2.05) is 13.8 Å². The summed E-state index contributed by atoms with van der Waals surface area (Å²) >= 11 is 0. The van der Waals surface area contributed by atoms with Crippen LogP contribution in [0.25, 0.3) is 11.0 Å². The number of benzene rings is 1. The fourth-order valence-corrected chi connectivity index (χ4v) is 3.00. The first-order chi connectivity index (χ1) is 10.9. The number of nitrogens with zero attached hydrogens (tertiary/aromatic N) is 2. The van der Waals surface area contributed by atoms with Crippen LogP contribution < -0.4 is 11.1 Å². The predicted molar refractivity (Wildman–Crippen MR) is 101 cm³/mol. The highest BCUT2D eigenvalue weighted by Gasteiger charge is 2.22. The van der Waals surface area contributed by atoms with Crippen LogP contribution in [0.3, 0.4) is 0 Å². The second-order valence-electron chi connectivity index (χ2n) is 6.30. The summed E-state index contributed by atoms with van der Waals surface area (Å²) in [5.74, 6) is -0.779. The lowest BCUT2D eigenvalue weighted by atomic mass is 9.91. The van der Waals surface area contributed by atoms with Crippen molar-refractivity contribution in [2.45, 2.75) is 51.6 Å². The molecule has 138 valence electrons. The number of nitrogens with one attached hydrogen (secondary N) is 1. The molecule has 1 aliphatic carbocycles. The SMILES string of the molecule is Cc1nc2cc(F)cc(C(=O)NC3CCC(N)CC3)c2nc1C.Cl.Cl. The van der Waals surface area contributed by atoms with Crippen molar-refractivity contribution in [1.29, 1.82) is 0 Å². The van der Waals surface area contributed by atoms with Gasteiger partial charge in [0.2, 0.25) is 0 Å². The number of carbonyl (C=O) groups is 1. The van der Waals surface area contributed by atoms with E-state index < -0.39 is 5.82 Å². The molecule has 1 heterocycles. The number of hydrogen-bond donors (Lipinski definition) is 2. The smallest absolute Gasteiger partial charge is 0.253 e. The third kappa shape index (κ3) is 4.77. The molecule has 1 fully saturated rings. The molecule has 2 aromatic rings. The number of aryl methyl sites for hydroxylation is 2. The highest BCUT2D eigenvalue weighted by molar-refractivity contribution is 6.04. The summed E-state index contributed by atoms with van der Waals surface area (Å²) in [6, 6.07) is 2.84. The van der Waals surface area contributed by atoms with Crippen LogP contribution in [-0.4, -0.2) is 28.0 Å². The normalized spacial score (nSPS) is 19.7. The summed E-state index contributed by atoms with van der Waals surface area (Å²) in [5.41, 5.74) is 8.44. The van der Waals surface area contributed by atoms with Gasteiger partial charge in [0.1, 0.15) is 11.3 Å². The zero-order chi connectivity index (χ0) is 16.6. The lowest BCUT2D eigenvalue weighted by Gasteiger charge is -2.26. The monoisotopic (exact) mass is 388 g/mol. The summed E-state index contributed by atoms with van der Waals surface area (Å²) < 4.78 is 13.9. The van der Waals surface area contributed by atoms with Crippen LogP contribution in [0.1, 0.15) is 47.4 Å². The number of carbonyl (C=O) groups excluding carboxylic acids is 1. The van der Waals surface area contributed by atoms with Gasteiger partial charge in [-0.25, -0.2) is 14.4 Å². The summed E-state index contributed by atoms with van der Waals surface area (Å²) in [6.45, 7) is 3.65. The van der Waals surface area contributed by atoms with E-state index in [2.05, 4.69) is 15.3 Å². The molecule has 1 aliphatic rings. The zero-order valence-corrected chi connectivity index (χ0v) is 15.8. The molecular formula is C17H23Cl2FN4O. The topological polar surface area (TPSA) is 80.9 Å². The molecule has 0 saturated heterocycles. The minimum atomic E-state index is -0.481. The molecule has 3 N–H and O–H groups in total. The van der Waals surface area contributed by atoms with Crippen LogP contribution in [-0.2, 0) is 0 Å². The van der Waals surface area contributed by atoms with Crippen molar-refractivity contribution in [3.63, 3.8) is 0 Å². The Hall–Kier alpha value is -1.50. The Morgan fingerprint density at radius 1 is 1.12 bits per heavy atom. The maximum atomic E-state index is 13.9. The molecule has 1 amide bonds. The first-order valence-corrected chi connectivity index (χ1v) is 7.95. The highest BCUT2D eigenvalue weighted by atomic mass is 35.5. The minimum absolute atomic E-state index is 0. The summed E-state index contributed by atoms with van der Waals surface area (Å²) in [7, 11) is 0. The molecule has 1 saturated carbocycles.